The summed E-state index contributed by atoms with van der Waals surface area (Å²) in [6.45, 7) is 3.75. The van der Waals surface area contributed by atoms with Crippen LogP contribution < -0.4 is 5.32 Å². The van der Waals surface area contributed by atoms with Gasteiger partial charge in [-0.15, -0.1) is 0 Å². The summed E-state index contributed by atoms with van der Waals surface area (Å²) >= 11 is 0. The Morgan fingerprint density at radius 1 is 0.958 bits per heavy atom. The molecule has 24 heavy (non-hydrogen) atoms. The van der Waals surface area contributed by atoms with Crippen molar-refractivity contribution in [1.29, 1.82) is 0 Å². The first-order valence-corrected chi connectivity index (χ1v) is 8.16. The summed E-state index contributed by atoms with van der Waals surface area (Å²) in [7, 11) is 1.34. The molecule has 2 atom stereocenters. The van der Waals surface area contributed by atoms with Crippen molar-refractivity contribution in [1.82, 2.24) is 5.32 Å². The van der Waals surface area contributed by atoms with Crippen LogP contribution in [0.15, 0.2) is 60.7 Å². The SMILES string of the molecule is COC(=O)[C@@H](NC(c1ccccc1)c1ccccc1)[C@H](O)C(C)C. The van der Waals surface area contributed by atoms with Crippen LogP contribution in [-0.2, 0) is 9.53 Å². The third-order valence-corrected chi connectivity index (χ3v) is 4.09. The predicted octanol–water partition coefficient (Wildman–Crippen LogP) is 2.92. The van der Waals surface area contributed by atoms with E-state index in [0.717, 1.165) is 11.1 Å². The molecule has 0 heterocycles. The van der Waals surface area contributed by atoms with Gasteiger partial charge < -0.3 is 9.84 Å². The molecule has 0 aliphatic rings. The van der Waals surface area contributed by atoms with Gasteiger partial charge in [-0.05, 0) is 17.0 Å². The van der Waals surface area contributed by atoms with Crippen LogP contribution in [0.3, 0.4) is 0 Å². The number of aliphatic hydroxyl groups is 1. The molecule has 0 spiro atoms. The zero-order valence-corrected chi connectivity index (χ0v) is 14.3. The second kappa shape index (κ2) is 8.62. The summed E-state index contributed by atoms with van der Waals surface area (Å²) < 4.78 is 4.89. The van der Waals surface area contributed by atoms with Gasteiger partial charge in [0.25, 0.3) is 0 Å². The maximum atomic E-state index is 12.2. The van der Waals surface area contributed by atoms with Gasteiger partial charge in [0.1, 0.15) is 6.04 Å². The van der Waals surface area contributed by atoms with Crippen LogP contribution in [0.5, 0.6) is 0 Å². The molecule has 0 bridgehead atoms. The zero-order chi connectivity index (χ0) is 17.5. The van der Waals surface area contributed by atoms with Crippen LogP contribution >= 0.6 is 0 Å². The monoisotopic (exact) mass is 327 g/mol. The van der Waals surface area contributed by atoms with E-state index in [0.29, 0.717) is 0 Å². The number of benzene rings is 2. The summed E-state index contributed by atoms with van der Waals surface area (Å²) in [5.74, 6) is -0.540. The van der Waals surface area contributed by atoms with Crippen LogP contribution in [0.2, 0.25) is 0 Å². The lowest BCUT2D eigenvalue weighted by Crippen LogP contribution is -2.50. The average molecular weight is 327 g/mol. The maximum absolute atomic E-state index is 12.2. The summed E-state index contributed by atoms with van der Waals surface area (Å²) in [5, 5.41) is 13.8. The number of rotatable bonds is 7. The lowest BCUT2D eigenvalue weighted by molar-refractivity contribution is -0.147. The molecule has 0 saturated carbocycles. The Morgan fingerprint density at radius 3 is 1.79 bits per heavy atom. The Hall–Kier alpha value is -2.17. The predicted molar refractivity (Wildman–Crippen MR) is 94.5 cm³/mol. The highest BCUT2D eigenvalue weighted by atomic mass is 16.5. The first kappa shape index (κ1) is 18.2. The van der Waals surface area contributed by atoms with E-state index in [4.69, 9.17) is 4.74 Å². The van der Waals surface area contributed by atoms with Crippen molar-refractivity contribution in [2.45, 2.75) is 32.0 Å². The third-order valence-electron chi connectivity index (χ3n) is 4.09. The van der Waals surface area contributed by atoms with Gasteiger partial charge >= 0.3 is 5.97 Å². The zero-order valence-electron chi connectivity index (χ0n) is 14.3. The van der Waals surface area contributed by atoms with Gasteiger partial charge in [-0.3, -0.25) is 10.1 Å². The van der Waals surface area contributed by atoms with E-state index in [1.165, 1.54) is 7.11 Å². The van der Waals surface area contributed by atoms with Crippen LogP contribution in [0.4, 0.5) is 0 Å². The Morgan fingerprint density at radius 2 is 1.42 bits per heavy atom. The molecule has 0 aliphatic heterocycles. The van der Waals surface area contributed by atoms with E-state index >= 15 is 0 Å². The molecule has 0 amide bonds. The molecular weight excluding hydrogens is 302 g/mol. The quantitative estimate of drug-likeness (QED) is 0.768. The fraction of sp³-hybridized carbons (Fsp3) is 0.350. The maximum Gasteiger partial charge on any atom is 0.325 e. The summed E-state index contributed by atoms with van der Waals surface area (Å²) in [4.78, 5) is 12.2. The molecule has 0 unspecified atom stereocenters. The summed E-state index contributed by atoms with van der Waals surface area (Å²) in [6.07, 6.45) is -0.840. The van der Waals surface area contributed by atoms with Gasteiger partial charge in [0.2, 0.25) is 0 Å². The second-order valence-corrected chi connectivity index (χ2v) is 6.16. The van der Waals surface area contributed by atoms with Gasteiger partial charge in [0.15, 0.2) is 0 Å². The number of ether oxygens (including phenoxy) is 1. The molecule has 128 valence electrons. The molecule has 2 aromatic rings. The Labute approximate surface area is 143 Å². The minimum Gasteiger partial charge on any atom is -0.468 e. The van der Waals surface area contributed by atoms with Gasteiger partial charge in [-0.1, -0.05) is 74.5 Å². The fourth-order valence-corrected chi connectivity index (χ4v) is 2.67. The Bertz CT molecular complexity index is 588. The van der Waals surface area contributed by atoms with E-state index < -0.39 is 18.1 Å². The van der Waals surface area contributed by atoms with Gasteiger partial charge in [-0.2, -0.15) is 0 Å². The van der Waals surface area contributed by atoms with Gasteiger partial charge in [-0.25, -0.2) is 0 Å². The minimum absolute atomic E-state index is 0.0752. The number of carbonyl (C=O) groups is 1. The van der Waals surface area contributed by atoms with Crippen LogP contribution in [0.25, 0.3) is 0 Å². The second-order valence-electron chi connectivity index (χ2n) is 6.16. The highest BCUT2D eigenvalue weighted by molar-refractivity contribution is 5.76. The summed E-state index contributed by atoms with van der Waals surface area (Å²) in [6, 6.07) is 18.7. The lowest BCUT2D eigenvalue weighted by atomic mass is 9.94. The minimum atomic E-state index is -0.840. The van der Waals surface area contributed by atoms with Crippen molar-refractivity contribution in [3.63, 3.8) is 0 Å². The van der Waals surface area contributed by atoms with E-state index in [1.54, 1.807) is 0 Å². The molecule has 2 N–H and O–H groups in total. The van der Waals surface area contributed by atoms with Crippen LogP contribution in [0.1, 0.15) is 31.0 Å². The van der Waals surface area contributed by atoms with Crippen molar-refractivity contribution >= 4 is 5.97 Å². The number of carbonyl (C=O) groups excluding carboxylic acids is 1. The number of hydrogen-bond donors (Lipinski definition) is 2. The van der Waals surface area contributed by atoms with Crippen LogP contribution in [-0.4, -0.2) is 30.3 Å². The van der Waals surface area contributed by atoms with Gasteiger partial charge in [0, 0.05) is 0 Å². The van der Waals surface area contributed by atoms with E-state index in [-0.39, 0.29) is 12.0 Å². The van der Waals surface area contributed by atoms with E-state index in [9.17, 15) is 9.90 Å². The molecule has 4 heteroatoms. The number of nitrogens with one attached hydrogen (secondary N) is 1. The molecule has 2 rings (SSSR count). The molecule has 0 aromatic heterocycles. The number of esters is 1. The molecule has 4 nitrogen and oxygen atoms in total. The Kier molecular flexibility index (Phi) is 6.53. The van der Waals surface area contributed by atoms with E-state index in [1.807, 2.05) is 74.5 Å². The van der Waals surface area contributed by atoms with Crippen molar-refractivity contribution in [2.24, 2.45) is 5.92 Å². The molecule has 0 radical (unpaired) electrons. The third kappa shape index (κ3) is 4.43. The lowest BCUT2D eigenvalue weighted by Gasteiger charge is -2.29. The standard InChI is InChI=1S/C20H25NO3/c1-14(2)19(22)18(20(23)24-3)21-17(15-10-6-4-7-11-15)16-12-8-5-9-13-16/h4-14,17-19,21-22H,1-3H3/t18-,19+/m0/s1. The van der Waals surface area contributed by atoms with Crippen molar-refractivity contribution < 1.29 is 14.6 Å². The topological polar surface area (TPSA) is 58.6 Å². The molecule has 0 aliphatic carbocycles. The average Bonchev–Trinajstić information content (AvgIpc) is 2.63. The fourth-order valence-electron chi connectivity index (χ4n) is 2.67. The molecule has 0 fully saturated rings. The largest absolute Gasteiger partial charge is 0.468 e. The molecule has 0 saturated heterocycles. The number of aliphatic hydroxyl groups excluding tert-OH is 1. The van der Waals surface area contributed by atoms with Crippen molar-refractivity contribution in [3.05, 3.63) is 71.8 Å². The van der Waals surface area contributed by atoms with Gasteiger partial charge in [0.05, 0.1) is 19.3 Å². The Balaban J connectivity index is 2.37. The molecule has 2 aromatic carbocycles. The normalized spacial score (nSPS) is 13.8. The number of hydrogen-bond acceptors (Lipinski definition) is 4. The molecular formula is C20H25NO3. The highest BCUT2D eigenvalue weighted by Gasteiger charge is 2.32. The summed E-state index contributed by atoms with van der Waals surface area (Å²) in [5.41, 5.74) is 2.04. The highest BCUT2D eigenvalue weighted by Crippen LogP contribution is 2.24. The first-order chi connectivity index (χ1) is 11.5. The van der Waals surface area contributed by atoms with E-state index in [2.05, 4.69) is 5.32 Å². The van der Waals surface area contributed by atoms with Crippen LogP contribution in [0, 0.1) is 5.92 Å². The first-order valence-electron chi connectivity index (χ1n) is 8.16. The smallest absolute Gasteiger partial charge is 0.325 e. The number of methoxy groups -OCH3 is 1. The van der Waals surface area contributed by atoms with Crippen molar-refractivity contribution in [3.8, 4) is 0 Å². The van der Waals surface area contributed by atoms with Crippen molar-refractivity contribution in [2.75, 3.05) is 7.11 Å².